The van der Waals surface area contributed by atoms with Gasteiger partial charge in [0.05, 0.1) is 0 Å². The minimum Gasteiger partial charge on any atom is -0.448 e. The number of hydrogen-bond donors (Lipinski definition) is 3. The maximum absolute atomic E-state index is 11.1. The summed E-state index contributed by atoms with van der Waals surface area (Å²) < 4.78 is 4.89. The molecule has 0 aliphatic carbocycles. The molecule has 0 spiro atoms. The Labute approximate surface area is 100 Å². The second-order valence-electron chi connectivity index (χ2n) is 3.53. The van der Waals surface area contributed by atoms with Gasteiger partial charge in [0.2, 0.25) is 0 Å². The third-order valence-electron chi connectivity index (χ3n) is 2.10. The molecule has 0 aliphatic heterocycles. The predicted octanol–water partition coefficient (Wildman–Crippen LogP) is 0.872. The first-order valence-corrected chi connectivity index (χ1v) is 6.37. The van der Waals surface area contributed by atoms with Gasteiger partial charge < -0.3 is 15.4 Å². The summed E-state index contributed by atoms with van der Waals surface area (Å²) in [6.45, 7) is 2.82. The van der Waals surface area contributed by atoms with Gasteiger partial charge in [0.15, 0.2) is 0 Å². The quantitative estimate of drug-likeness (QED) is 0.397. The topological polar surface area (TPSA) is 62.4 Å². The van der Waals surface area contributed by atoms with Crippen LogP contribution in [0, 0.1) is 0 Å². The van der Waals surface area contributed by atoms with Gasteiger partial charge in [0.1, 0.15) is 6.61 Å². The van der Waals surface area contributed by atoms with Crippen LogP contribution in [0.15, 0.2) is 0 Å². The summed E-state index contributed by atoms with van der Waals surface area (Å²) in [5, 5.41) is 8.65. The van der Waals surface area contributed by atoms with E-state index >= 15 is 0 Å². The van der Waals surface area contributed by atoms with Crippen LogP contribution in [0.3, 0.4) is 0 Å². The molecule has 0 aromatic rings. The van der Waals surface area contributed by atoms with Gasteiger partial charge in [0.25, 0.3) is 0 Å². The molecule has 1 unspecified atom stereocenters. The summed E-state index contributed by atoms with van der Waals surface area (Å²) in [6, 6.07) is 0. The van der Waals surface area contributed by atoms with Gasteiger partial charge in [-0.1, -0.05) is 22.2 Å². The highest BCUT2D eigenvalue weighted by molar-refractivity contribution is 7.13. The Hall–Kier alpha value is -0.380. The van der Waals surface area contributed by atoms with E-state index in [9.17, 15) is 4.79 Å². The average molecular weight is 249 g/mol. The van der Waals surface area contributed by atoms with Crippen LogP contribution in [-0.2, 0) is 4.74 Å². The van der Waals surface area contributed by atoms with Crippen LogP contribution in [0.1, 0.15) is 25.7 Å². The first-order chi connectivity index (χ1) is 7.81. The van der Waals surface area contributed by atoms with Gasteiger partial charge in [-0.05, 0) is 26.4 Å². The molecule has 6 heteroatoms. The number of carbonyl (C=O) groups is 1. The lowest BCUT2D eigenvalue weighted by Gasteiger charge is -2.06. The van der Waals surface area contributed by atoms with Gasteiger partial charge in [0, 0.05) is 13.1 Å². The Bertz CT molecular complexity index is 170. The van der Waals surface area contributed by atoms with Crippen LogP contribution in [0.5, 0.6) is 0 Å². The van der Waals surface area contributed by atoms with Crippen molar-refractivity contribution >= 4 is 15.5 Å². The predicted molar refractivity (Wildman–Crippen MR) is 69.5 cm³/mol. The van der Waals surface area contributed by atoms with Gasteiger partial charge in [-0.2, -0.15) is 0 Å². The minimum atomic E-state index is -0.324. The molecule has 0 saturated carbocycles. The summed E-state index contributed by atoms with van der Waals surface area (Å²) >= 11 is 0. The molecule has 0 aromatic heterocycles. The first-order valence-electron chi connectivity index (χ1n) is 5.80. The molecule has 0 aliphatic rings. The fourth-order valence-electron chi connectivity index (χ4n) is 1.22. The van der Waals surface area contributed by atoms with Crippen molar-refractivity contribution in [2.75, 3.05) is 33.3 Å². The van der Waals surface area contributed by atoms with Gasteiger partial charge in [-0.3, -0.25) is 5.09 Å². The maximum Gasteiger partial charge on any atom is 0.407 e. The van der Waals surface area contributed by atoms with Gasteiger partial charge >= 0.3 is 6.09 Å². The molecule has 0 radical (unpaired) electrons. The van der Waals surface area contributed by atoms with Gasteiger partial charge in [-0.25, -0.2) is 4.79 Å². The van der Waals surface area contributed by atoms with Crippen LogP contribution in [0.4, 0.5) is 4.79 Å². The van der Waals surface area contributed by atoms with Crippen molar-refractivity contribution in [2.24, 2.45) is 0 Å². The van der Waals surface area contributed by atoms with Crippen LogP contribution in [-0.4, -0.2) is 39.4 Å². The Balaban J connectivity index is 3.09. The zero-order chi connectivity index (χ0) is 12.1. The molecule has 5 nitrogen and oxygen atoms in total. The number of alkyl carbamates (subject to hydrolysis) is 1. The first kappa shape index (κ1) is 15.6. The molecule has 16 heavy (non-hydrogen) atoms. The normalized spacial score (nSPS) is 10.1. The number of amides is 1. The van der Waals surface area contributed by atoms with Crippen molar-refractivity contribution in [3.8, 4) is 0 Å². The standard InChI is InChI=1S/C10H24N3O2P/c1-11-6-4-2-3-5-7-12-10(14)15-9-8-13-16/h11,13H,2-9,16H2,1H3,(H,12,14). The molecular formula is C10H24N3O2P. The monoisotopic (exact) mass is 249 g/mol. The molecule has 0 saturated heterocycles. The Morgan fingerprint density at radius 3 is 2.44 bits per heavy atom. The van der Waals surface area contributed by atoms with Crippen molar-refractivity contribution in [1.29, 1.82) is 0 Å². The second-order valence-corrected chi connectivity index (χ2v) is 3.94. The largest absolute Gasteiger partial charge is 0.448 e. The molecule has 1 amide bonds. The number of carbonyl (C=O) groups excluding carboxylic acids is 1. The zero-order valence-corrected chi connectivity index (χ0v) is 11.2. The van der Waals surface area contributed by atoms with Crippen molar-refractivity contribution in [1.82, 2.24) is 15.7 Å². The summed E-state index contributed by atoms with van der Waals surface area (Å²) in [5.74, 6) is 0. The fourth-order valence-corrected chi connectivity index (χ4v) is 1.34. The zero-order valence-electron chi connectivity index (χ0n) is 10.1. The van der Waals surface area contributed by atoms with Crippen molar-refractivity contribution in [3.63, 3.8) is 0 Å². The highest BCUT2D eigenvalue weighted by Gasteiger charge is 1.99. The lowest BCUT2D eigenvalue weighted by Crippen LogP contribution is -2.27. The van der Waals surface area contributed by atoms with E-state index in [1.54, 1.807) is 0 Å². The molecule has 0 heterocycles. The average Bonchev–Trinajstić information content (AvgIpc) is 2.28. The molecule has 0 aromatic carbocycles. The van der Waals surface area contributed by atoms with E-state index in [0.717, 1.165) is 19.4 Å². The summed E-state index contributed by atoms with van der Waals surface area (Å²) in [5.41, 5.74) is 0. The summed E-state index contributed by atoms with van der Waals surface area (Å²) in [4.78, 5) is 11.1. The Morgan fingerprint density at radius 1 is 1.12 bits per heavy atom. The minimum absolute atomic E-state index is 0.324. The molecule has 0 bridgehead atoms. The molecule has 0 rings (SSSR count). The maximum atomic E-state index is 11.1. The number of ether oxygens (including phenoxy) is 1. The Morgan fingerprint density at radius 2 is 1.81 bits per heavy atom. The lowest BCUT2D eigenvalue weighted by molar-refractivity contribution is 0.148. The van der Waals surface area contributed by atoms with Crippen LogP contribution >= 0.6 is 9.39 Å². The van der Waals surface area contributed by atoms with E-state index in [1.807, 2.05) is 7.05 Å². The van der Waals surface area contributed by atoms with Crippen LogP contribution in [0.2, 0.25) is 0 Å². The fraction of sp³-hybridized carbons (Fsp3) is 0.900. The molecule has 3 N–H and O–H groups in total. The lowest BCUT2D eigenvalue weighted by atomic mass is 10.2. The van der Waals surface area contributed by atoms with Crippen LogP contribution in [0.25, 0.3) is 0 Å². The summed E-state index contributed by atoms with van der Waals surface area (Å²) in [7, 11) is 4.32. The highest BCUT2D eigenvalue weighted by atomic mass is 31.0. The third-order valence-corrected chi connectivity index (χ3v) is 2.39. The van der Waals surface area contributed by atoms with E-state index in [2.05, 4.69) is 25.1 Å². The van der Waals surface area contributed by atoms with E-state index in [1.165, 1.54) is 12.8 Å². The molecule has 1 atom stereocenters. The smallest absolute Gasteiger partial charge is 0.407 e. The number of hydrogen-bond acceptors (Lipinski definition) is 4. The van der Waals surface area contributed by atoms with E-state index in [0.29, 0.717) is 19.7 Å². The third kappa shape index (κ3) is 11.7. The van der Waals surface area contributed by atoms with E-state index in [4.69, 9.17) is 4.74 Å². The molecular weight excluding hydrogens is 225 g/mol. The van der Waals surface area contributed by atoms with Crippen LogP contribution < -0.4 is 15.7 Å². The number of nitrogens with one attached hydrogen (secondary N) is 3. The molecule has 96 valence electrons. The van der Waals surface area contributed by atoms with Crippen molar-refractivity contribution in [2.45, 2.75) is 25.7 Å². The van der Waals surface area contributed by atoms with Crippen molar-refractivity contribution < 1.29 is 9.53 Å². The molecule has 0 fully saturated rings. The van der Waals surface area contributed by atoms with Gasteiger partial charge in [-0.15, -0.1) is 0 Å². The second kappa shape index (κ2) is 12.7. The Kier molecular flexibility index (Phi) is 12.4. The van der Waals surface area contributed by atoms with Crippen molar-refractivity contribution in [3.05, 3.63) is 0 Å². The number of unbranched alkanes of at least 4 members (excludes halogenated alkanes) is 3. The number of rotatable bonds is 10. The highest BCUT2D eigenvalue weighted by Crippen LogP contribution is 1.97. The van der Waals surface area contributed by atoms with E-state index in [-0.39, 0.29) is 6.09 Å². The SMILES string of the molecule is CNCCCCCCNC(=O)OCCNP. The summed E-state index contributed by atoms with van der Waals surface area (Å²) in [6.07, 6.45) is 4.24. The van der Waals surface area contributed by atoms with E-state index < -0.39 is 0 Å².